The van der Waals surface area contributed by atoms with E-state index in [0.29, 0.717) is 24.8 Å². The van der Waals surface area contributed by atoms with Crippen molar-refractivity contribution in [2.24, 2.45) is 5.92 Å². The van der Waals surface area contributed by atoms with Crippen molar-refractivity contribution in [1.82, 2.24) is 0 Å². The number of esters is 2. The van der Waals surface area contributed by atoms with Crippen LogP contribution in [0.3, 0.4) is 0 Å². The van der Waals surface area contributed by atoms with E-state index in [9.17, 15) is 9.59 Å². The van der Waals surface area contributed by atoms with Gasteiger partial charge in [-0.1, -0.05) is 18.2 Å². The van der Waals surface area contributed by atoms with E-state index in [-0.39, 0.29) is 30.1 Å². The van der Waals surface area contributed by atoms with Gasteiger partial charge < -0.3 is 9.47 Å². The summed E-state index contributed by atoms with van der Waals surface area (Å²) in [6.45, 7) is 11.3. The summed E-state index contributed by atoms with van der Waals surface area (Å²) >= 11 is 0. The van der Waals surface area contributed by atoms with E-state index in [1.165, 1.54) is 6.92 Å². The monoisotopic (exact) mass is 390 g/mol. The number of rotatable bonds is 1. The molecular weight excluding hydrogens is 360 g/mol. The Morgan fingerprint density at radius 3 is 2.71 bits per heavy atom. The normalized spacial score (nSPS) is 40.4. The van der Waals surface area contributed by atoms with E-state index >= 15 is 0 Å². The van der Waals surface area contributed by atoms with Crippen molar-refractivity contribution in [3.63, 3.8) is 0 Å². The summed E-state index contributed by atoms with van der Waals surface area (Å²) in [4.78, 5) is 35.2. The summed E-state index contributed by atoms with van der Waals surface area (Å²) in [5.41, 5.74) is 1.94. The van der Waals surface area contributed by atoms with E-state index < -0.39 is 11.7 Å². The van der Waals surface area contributed by atoms with Crippen molar-refractivity contribution >= 4 is 11.9 Å². The van der Waals surface area contributed by atoms with Gasteiger partial charge in [0.1, 0.15) is 23.9 Å². The summed E-state index contributed by atoms with van der Waals surface area (Å²) in [5.74, 6) is -0.753. The Labute approximate surface area is 166 Å². The zero-order valence-corrected chi connectivity index (χ0v) is 17.2. The van der Waals surface area contributed by atoms with Crippen LogP contribution in [-0.4, -0.2) is 35.9 Å². The molecule has 5 atom stereocenters. The molecule has 2 saturated heterocycles. The van der Waals surface area contributed by atoms with E-state index in [4.69, 9.17) is 19.2 Å². The molecule has 2 bridgehead atoms. The molecule has 6 nitrogen and oxygen atoms in total. The SMILES string of the molecule is C=C1C(=O)O[C@H]2/C=C(\C)CC[C@H](OC(C)=O)[C@]3(C)CC[C@@H](OO3)/C(C)=C\C[C@@H]12. The van der Waals surface area contributed by atoms with E-state index in [1.807, 2.05) is 26.8 Å². The average molecular weight is 390 g/mol. The molecule has 0 spiro atoms. The molecule has 1 aliphatic carbocycles. The van der Waals surface area contributed by atoms with Gasteiger partial charge >= 0.3 is 11.9 Å². The van der Waals surface area contributed by atoms with Gasteiger partial charge in [0.25, 0.3) is 0 Å². The molecule has 3 aliphatic heterocycles. The summed E-state index contributed by atoms with van der Waals surface area (Å²) in [6.07, 6.45) is 6.66. The van der Waals surface area contributed by atoms with Gasteiger partial charge in [-0.2, -0.15) is 0 Å². The molecule has 4 rings (SSSR count). The highest BCUT2D eigenvalue weighted by atomic mass is 17.2. The highest BCUT2D eigenvalue weighted by molar-refractivity contribution is 5.91. The first-order valence-corrected chi connectivity index (χ1v) is 9.95. The van der Waals surface area contributed by atoms with Gasteiger partial charge in [0.05, 0.1) is 0 Å². The summed E-state index contributed by atoms with van der Waals surface area (Å²) in [7, 11) is 0. The van der Waals surface area contributed by atoms with E-state index in [2.05, 4.69) is 12.7 Å². The van der Waals surface area contributed by atoms with E-state index in [1.54, 1.807) is 0 Å². The Hall–Kier alpha value is -1.92. The molecule has 2 fully saturated rings. The van der Waals surface area contributed by atoms with Gasteiger partial charge in [0, 0.05) is 18.4 Å². The lowest BCUT2D eigenvalue weighted by atomic mass is 9.85. The molecular formula is C22H30O6. The minimum atomic E-state index is -0.691. The van der Waals surface area contributed by atoms with Gasteiger partial charge in [-0.3, -0.25) is 4.79 Å². The summed E-state index contributed by atoms with van der Waals surface area (Å²) in [6, 6.07) is 0. The van der Waals surface area contributed by atoms with Crippen LogP contribution in [0.4, 0.5) is 0 Å². The lowest BCUT2D eigenvalue weighted by Crippen LogP contribution is -2.49. The molecule has 0 aromatic rings. The van der Waals surface area contributed by atoms with Crippen LogP contribution in [0.15, 0.2) is 35.5 Å². The number of carbonyl (C=O) groups is 2. The molecule has 0 aromatic carbocycles. The first kappa shape index (κ1) is 20.8. The zero-order valence-electron chi connectivity index (χ0n) is 17.2. The molecule has 4 aliphatic rings. The summed E-state index contributed by atoms with van der Waals surface area (Å²) < 4.78 is 11.1. The third kappa shape index (κ3) is 4.39. The van der Waals surface area contributed by atoms with Crippen molar-refractivity contribution in [2.75, 3.05) is 0 Å². The summed E-state index contributed by atoms with van der Waals surface area (Å²) in [5, 5.41) is 0. The molecule has 0 radical (unpaired) electrons. The maximum atomic E-state index is 12.0. The van der Waals surface area contributed by atoms with Crippen molar-refractivity contribution < 1.29 is 28.8 Å². The number of allylic oxidation sites excluding steroid dienone is 2. The van der Waals surface area contributed by atoms with Gasteiger partial charge in [-0.15, -0.1) is 0 Å². The highest BCUT2D eigenvalue weighted by Gasteiger charge is 2.44. The molecule has 6 heteroatoms. The first-order chi connectivity index (χ1) is 13.2. The van der Waals surface area contributed by atoms with Gasteiger partial charge in [0.2, 0.25) is 0 Å². The Bertz CT molecular complexity index is 711. The number of hydrogen-bond donors (Lipinski definition) is 0. The van der Waals surface area contributed by atoms with Crippen LogP contribution in [0.1, 0.15) is 59.8 Å². The second kappa shape index (κ2) is 8.21. The predicted molar refractivity (Wildman–Crippen MR) is 103 cm³/mol. The maximum Gasteiger partial charge on any atom is 0.334 e. The van der Waals surface area contributed by atoms with Crippen LogP contribution >= 0.6 is 0 Å². The second-order valence-corrected chi connectivity index (χ2v) is 8.35. The third-order valence-electron chi connectivity index (χ3n) is 6.05. The Morgan fingerprint density at radius 1 is 1.32 bits per heavy atom. The standard InChI is InChI=1S/C22H30O6/c1-13-6-9-20(25-16(4)23)22(5)11-10-18(27-28-22)14(2)7-8-17-15(3)21(24)26-19(17)12-13/h7,12,17-20H,3,6,8-11H2,1-2,4-5H3/b13-12+,14-7-/t17-,18+,19-,20-,22-/m0/s1. The highest BCUT2D eigenvalue weighted by Crippen LogP contribution is 2.38. The fourth-order valence-electron chi connectivity index (χ4n) is 4.11. The van der Waals surface area contributed by atoms with Crippen LogP contribution < -0.4 is 0 Å². The van der Waals surface area contributed by atoms with Crippen molar-refractivity contribution in [3.05, 3.63) is 35.5 Å². The maximum absolute atomic E-state index is 12.0. The van der Waals surface area contributed by atoms with E-state index in [0.717, 1.165) is 24.0 Å². The largest absolute Gasteiger partial charge is 0.459 e. The Morgan fingerprint density at radius 2 is 2.07 bits per heavy atom. The lowest BCUT2D eigenvalue weighted by molar-refractivity contribution is -0.412. The smallest absolute Gasteiger partial charge is 0.334 e. The number of hydrogen-bond acceptors (Lipinski definition) is 6. The van der Waals surface area contributed by atoms with Crippen molar-refractivity contribution in [1.29, 1.82) is 0 Å². The molecule has 0 unspecified atom stereocenters. The zero-order chi connectivity index (χ0) is 20.5. The Kier molecular flexibility index (Phi) is 6.10. The predicted octanol–water partition coefficient (Wildman–Crippen LogP) is 3.96. The fraction of sp³-hybridized carbons (Fsp3) is 0.636. The lowest BCUT2D eigenvalue weighted by Gasteiger charge is -2.41. The average Bonchev–Trinajstić information content (AvgIpc) is 2.89. The van der Waals surface area contributed by atoms with Crippen molar-refractivity contribution in [2.45, 2.75) is 83.7 Å². The second-order valence-electron chi connectivity index (χ2n) is 8.35. The van der Waals surface area contributed by atoms with Gasteiger partial charge in [-0.25, -0.2) is 14.6 Å². The molecule has 28 heavy (non-hydrogen) atoms. The van der Waals surface area contributed by atoms with Crippen LogP contribution in [0.25, 0.3) is 0 Å². The third-order valence-corrected chi connectivity index (χ3v) is 6.05. The fourth-order valence-corrected chi connectivity index (χ4v) is 4.11. The quantitative estimate of drug-likeness (QED) is 0.292. The van der Waals surface area contributed by atoms with Gasteiger partial charge in [-0.05, 0) is 64.5 Å². The molecule has 0 amide bonds. The van der Waals surface area contributed by atoms with Crippen LogP contribution in [-0.2, 0) is 28.8 Å². The molecule has 0 saturated carbocycles. The molecule has 3 heterocycles. The molecule has 0 aromatic heterocycles. The van der Waals surface area contributed by atoms with Crippen molar-refractivity contribution in [3.8, 4) is 0 Å². The van der Waals surface area contributed by atoms with Crippen LogP contribution in [0.2, 0.25) is 0 Å². The number of fused-ring (bicyclic) bond motifs is 6. The topological polar surface area (TPSA) is 71.1 Å². The number of carbonyl (C=O) groups excluding carboxylic acids is 2. The van der Waals surface area contributed by atoms with Gasteiger partial charge in [0.15, 0.2) is 0 Å². The van der Waals surface area contributed by atoms with Crippen LogP contribution in [0, 0.1) is 5.92 Å². The molecule has 0 N–H and O–H groups in total. The molecule has 154 valence electrons. The number of ether oxygens (including phenoxy) is 2. The first-order valence-electron chi connectivity index (χ1n) is 9.95. The minimum absolute atomic E-state index is 0.0839. The Balaban J connectivity index is 1.91. The van der Waals surface area contributed by atoms with Crippen LogP contribution in [0.5, 0.6) is 0 Å². The minimum Gasteiger partial charge on any atom is -0.459 e.